The Morgan fingerprint density at radius 2 is 2.28 bits per heavy atom. The van der Waals surface area contributed by atoms with E-state index in [2.05, 4.69) is 17.9 Å². The summed E-state index contributed by atoms with van der Waals surface area (Å²) in [5.74, 6) is 0.506. The number of benzene rings is 1. The molecule has 2 unspecified atom stereocenters. The first kappa shape index (κ1) is 13.2. The van der Waals surface area contributed by atoms with Crippen molar-refractivity contribution < 1.29 is 0 Å². The normalized spacial score (nSPS) is 23.8. The van der Waals surface area contributed by atoms with Gasteiger partial charge in [-0.15, -0.1) is 0 Å². The van der Waals surface area contributed by atoms with Crippen molar-refractivity contribution in [3.63, 3.8) is 0 Å². The number of hydrogen-bond acceptors (Lipinski definition) is 3. The molecule has 1 aliphatic rings. The Labute approximate surface area is 113 Å². The molecule has 0 aromatic heterocycles. The highest BCUT2D eigenvalue weighted by Gasteiger charge is 2.26. The Balaban J connectivity index is 2.34. The van der Waals surface area contributed by atoms with E-state index in [1.165, 1.54) is 0 Å². The van der Waals surface area contributed by atoms with E-state index in [0.29, 0.717) is 29.1 Å². The molecule has 0 saturated carbocycles. The summed E-state index contributed by atoms with van der Waals surface area (Å²) in [6, 6.07) is 8.11. The van der Waals surface area contributed by atoms with Crippen molar-refractivity contribution in [2.24, 2.45) is 11.7 Å². The van der Waals surface area contributed by atoms with Gasteiger partial charge in [0.2, 0.25) is 0 Å². The monoisotopic (exact) mass is 263 g/mol. The molecule has 96 valence electrons. The maximum absolute atomic E-state index is 9.20. The molecule has 1 saturated heterocycles. The summed E-state index contributed by atoms with van der Waals surface area (Å²) in [4.78, 5) is 2.27. The number of piperidine rings is 1. The maximum Gasteiger partial charge on any atom is 0.101 e. The molecule has 0 amide bonds. The summed E-state index contributed by atoms with van der Waals surface area (Å²) in [5, 5.41) is 9.88. The summed E-state index contributed by atoms with van der Waals surface area (Å²) < 4.78 is 0. The van der Waals surface area contributed by atoms with Gasteiger partial charge in [-0.1, -0.05) is 11.6 Å². The lowest BCUT2D eigenvalue weighted by Crippen LogP contribution is -2.44. The second-order valence-electron chi connectivity index (χ2n) is 4.95. The quantitative estimate of drug-likeness (QED) is 0.893. The fourth-order valence-corrected chi connectivity index (χ4v) is 2.71. The summed E-state index contributed by atoms with van der Waals surface area (Å²) in [6.45, 7) is 3.80. The zero-order valence-electron chi connectivity index (χ0n) is 10.6. The van der Waals surface area contributed by atoms with E-state index in [4.69, 9.17) is 17.3 Å². The molecule has 4 heteroatoms. The number of anilines is 1. The van der Waals surface area contributed by atoms with Crippen molar-refractivity contribution in [3.8, 4) is 6.07 Å². The lowest BCUT2D eigenvalue weighted by molar-refractivity contribution is 0.374. The fourth-order valence-electron chi connectivity index (χ4n) is 2.55. The van der Waals surface area contributed by atoms with Crippen LogP contribution in [0.1, 0.15) is 25.3 Å². The molecule has 0 bridgehead atoms. The van der Waals surface area contributed by atoms with Crippen LogP contribution < -0.4 is 10.6 Å². The van der Waals surface area contributed by atoms with Crippen molar-refractivity contribution in [1.29, 1.82) is 5.26 Å². The summed E-state index contributed by atoms with van der Waals surface area (Å²) in [5.41, 5.74) is 7.40. The minimum Gasteiger partial charge on any atom is -0.367 e. The highest BCUT2D eigenvalue weighted by atomic mass is 35.5. The Bertz CT molecular complexity index is 467. The van der Waals surface area contributed by atoms with Gasteiger partial charge in [-0.25, -0.2) is 0 Å². The molecule has 1 aromatic carbocycles. The Morgan fingerprint density at radius 1 is 1.50 bits per heavy atom. The SMILES string of the molecule is CC1CCC(CN)CN1c1cc(Cl)ccc1C#N. The average molecular weight is 264 g/mol. The molecule has 1 aliphatic heterocycles. The second kappa shape index (κ2) is 5.60. The third kappa shape index (κ3) is 2.60. The van der Waals surface area contributed by atoms with E-state index in [0.717, 1.165) is 25.1 Å². The van der Waals surface area contributed by atoms with Crippen molar-refractivity contribution in [2.75, 3.05) is 18.0 Å². The minimum absolute atomic E-state index is 0.429. The standard InChI is InChI=1S/C14H18ClN3/c1-10-2-3-11(7-16)9-18(10)14-6-13(15)5-4-12(14)8-17/h4-6,10-11H,2-3,7,9,16H2,1H3. The third-order valence-corrected chi connectivity index (χ3v) is 3.94. The van der Waals surface area contributed by atoms with Crippen LogP contribution in [0.3, 0.4) is 0 Å². The first-order chi connectivity index (χ1) is 8.65. The van der Waals surface area contributed by atoms with Gasteiger partial charge in [0.15, 0.2) is 0 Å². The predicted octanol–water partition coefficient (Wildman–Crippen LogP) is 2.78. The molecule has 2 N–H and O–H groups in total. The van der Waals surface area contributed by atoms with Gasteiger partial charge in [0.25, 0.3) is 0 Å². The lowest BCUT2D eigenvalue weighted by atomic mass is 9.92. The van der Waals surface area contributed by atoms with E-state index in [1.807, 2.05) is 6.07 Å². The lowest BCUT2D eigenvalue weighted by Gasteiger charge is -2.39. The van der Waals surface area contributed by atoms with Gasteiger partial charge in [-0.3, -0.25) is 0 Å². The van der Waals surface area contributed by atoms with E-state index in [-0.39, 0.29) is 0 Å². The molecule has 1 aromatic rings. The number of hydrogen-bond donors (Lipinski definition) is 1. The molecule has 0 aliphatic carbocycles. The summed E-state index contributed by atoms with van der Waals surface area (Å²) >= 11 is 6.05. The van der Waals surface area contributed by atoms with Crippen LogP contribution in [-0.4, -0.2) is 19.1 Å². The highest BCUT2D eigenvalue weighted by Crippen LogP contribution is 2.31. The van der Waals surface area contributed by atoms with Crippen LogP contribution in [0.5, 0.6) is 0 Å². The van der Waals surface area contributed by atoms with Crippen LogP contribution in [0.15, 0.2) is 18.2 Å². The highest BCUT2D eigenvalue weighted by molar-refractivity contribution is 6.30. The minimum atomic E-state index is 0.429. The zero-order valence-corrected chi connectivity index (χ0v) is 11.3. The van der Waals surface area contributed by atoms with E-state index < -0.39 is 0 Å². The molecule has 0 spiro atoms. The molecule has 0 radical (unpaired) electrons. The summed E-state index contributed by atoms with van der Waals surface area (Å²) in [7, 11) is 0. The second-order valence-corrected chi connectivity index (χ2v) is 5.39. The predicted molar refractivity (Wildman–Crippen MR) is 74.8 cm³/mol. The van der Waals surface area contributed by atoms with Gasteiger partial charge in [-0.2, -0.15) is 5.26 Å². The third-order valence-electron chi connectivity index (χ3n) is 3.70. The van der Waals surface area contributed by atoms with Crippen LogP contribution in [0.4, 0.5) is 5.69 Å². The van der Waals surface area contributed by atoms with E-state index >= 15 is 0 Å². The average Bonchev–Trinajstić information content (AvgIpc) is 2.39. The molecule has 2 atom stereocenters. The maximum atomic E-state index is 9.20. The van der Waals surface area contributed by atoms with Gasteiger partial charge in [-0.05, 0) is 50.4 Å². The Morgan fingerprint density at radius 3 is 2.94 bits per heavy atom. The van der Waals surface area contributed by atoms with Crippen molar-refractivity contribution in [3.05, 3.63) is 28.8 Å². The number of rotatable bonds is 2. The van der Waals surface area contributed by atoms with Crippen molar-refractivity contribution >= 4 is 17.3 Å². The Kier molecular flexibility index (Phi) is 4.11. The number of nitrogens with zero attached hydrogens (tertiary/aromatic N) is 2. The van der Waals surface area contributed by atoms with Gasteiger partial charge >= 0.3 is 0 Å². The largest absolute Gasteiger partial charge is 0.367 e. The van der Waals surface area contributed by atoms with Crippen LogP contribution >= 0.6 is 11.6 Å². The number of nitriles is 1. The van der Waals surface area contributed by atoms with Gasteiger partial charge in [0, 0.05) is 17.6 Å². The molecular weight excluding hydrogens is 246 g/mol. The molecule has 1 fully saturated rings. The van der Waals surface area contributed by atoms with Crippen LogP contribution in [0, 0.1) is 17.2 Å². The molecule has 2 rings (SSSR count). The number of halogens is 1. The molecule has 18 heavy (non-hydrogen) atoms. The van der Waals surface area contributed by atoms with Crippen LogP contribution in [-0.2, 0) is 0 Å². The van der Waals surface area contributed by atoms with Gasteiger partial charge < -0.3 is 10.6 Å². The van der Waals surface area contributed by atoms with Gasteiger partial charge in [0.05, 0.1) is 11.3 Å². The van der Waals surface area contributed by atoms with Crippen molar-refractivity contribution in [2.45, 2.75) is 25.8 Å². The molecular formula is C14H18ClN3. The van der Waals surface area contributed by atoms with Crippen LogP contribution in [0.2, 0.25) is 5.02 Å². The van der Waals surface area contributed by atoms with Gasteiger partial charge in [0.1, 0.15) is 6.07 Å². The van der Waals surface area contributed by atoms with Crippen molar-refractivity contribution in [1.82, 2.24) is 0 Å². The molecule has 3 nitrogen and oxygen atoms in total. The fraction of sp³-hybridized carbons (Fsp3) is 0.500. The van der Waals surface area contributed by atoms with E-state index in [1.54, 1.807) is 12.1 Å². The smallest absolute Gasteiger partial charge is 0.101 e. The topological polar surface area (TPSA) is 53.0 Å². The summed E-state index contributed by atoms with van der Waals surface area (Å²) in [6.07, 6.45) is 2.27. The zero-order chi connectivity index (χ0) is 13.1. The van der Waals surface area contributed by atoms with E-state index in [9.17, 15) is 5.26 Å². The van der Waals surface area contributed by atoms with Crippen LogP contribution in [0.25, 0.3) is 0 Å². The first-order valence-corrected chi connectivity index (χ1v) is 6.70. The Hall–Kier alpha value is -1.24. The molecule has 1 heterocycles. The number of nitrogens with two attached hydrogens (primary N) is 1. The first-order valence-electron chi connectivity index (χ1n) is 6.32.